The summed E-state index contributed by atoms with van der Waals surface area (Å²) < 4.78 is 24.9. The van der Waals surface area contributed by atoms with E-state index in [0.29, 0.717) is 11.3 Å². The van der Waals surface area contributed by atoms with Crippen LogP contribution in [0.3, 0.4) is 0 Å². The lowest BCUT2D eigenvalue weighted by Crippen LogP contribution is -2.32. The van der Waals surface area contributed by atoms with Gasteiger partial charge in [0.15, 0.2) is 9.84 Å². The van der Waals surface area contributed by atoms with Crippen molar-refractivity contribution in [2.45, 2.75) is 16.6 Å². The van der Waals surface area contributed by atoms with E-state index in [9.17, 15) is 8.42 Å². The molecule has 4 nitrogen and oxygen atoms in total. The Bertz CT molecular complexity index is 612. The number of sulfone groups is 1. The predicted octanol–water partition coefficient (Wildman–Crippen LogP) is 1.43. The van der Waals surface area contributed by atoms with E-state index < -0.39 is 15.1 Å². The topological polar surface area (TPSA) is 73.0 Å². The Labute approximate surface area is 113 Å². The molecule has 0 aliphatic rings. The van der Waals surface area contributed by atoms with E-state index in [1.807, 2.05) is 6.07 Å². The molecule has 1 heterocycles. The van der Waals surface area contributed by atoms with Gasteiger partial charge in [-0.15, -0.1) is 0 Å². The van der Waals surface area contributed by atoms with Crippen molar-refractivity contribution in [3.63, 3.8) is 0 Å². The lowest BCUT2D eigenvalue weighted by Gasteiger charge is -2.15. The maximum Gasteiger partial charge on any atom is 0.182 e. The predicted molar refractivity (Wildman–Crippen MR) is 74.4 cm³/mol. The second kappa shape index (κ2) is 5.95. The number of nitrogens with zero attached hydrogens (tertiary/aromatic N) is 1. The van der Waals surface area contributed by atoms with Crippen LogP contribution < -0.4 is 5.73 Å². The van der Waals surface area contributed by atoms with Crippen LogP contribution in [-0.4, -0.2) is 25.2 Å². The fraction of sp³-hybridized carbons (Fsp3) is 0.214. The van der Waals surface area contributed by atoms with Crippen LogP contribution in [-0.2, 0) is 16.3 Å². The molecule has 0 saturated heterocycles. The van der Waals surface area contributed by atoms with Crippen molar-refractivity contribution in [2.75, 3.05) is 6.54 Å². The van der Waals surface area contributed by atoms with Gasteiger partial charge in [-0.05, 0) is 30.2 Å². The number of nitrogens with two attached hydrogens (primary N) is 1. The molecule has 19 heavy (non-hydrogen) atoms. The van der Waals surface area contributed by atoms with Gasteiger partial charge in [0.05, 0.1) is 10.1 Å². The largest absolute Gasteiger partial charge is 0.329 e. The summed E-state index contributed by atoms with van der Waals surface area (Å²) in [6.07, 6.45) is 3.71. The highest BCUT2D eigenvalue weighted by Gasteiger charge is 2.26. The lowest BCUT2D eigenvalue weighted by atomic mass is 10.1. The van der Waals surface area contributed by atoms with E-state index in [4.69, 9.17) is 5.73 Å². The number of hydrogen-bond acceptors (Lipinski definition) is 4. The van der Waals surface area contributed by atoms with Gasteiger partial charge in [0.1, 0.15) is 0 Å². The van der Waals surface area contributed by atoms with E-state index >= 15 is 0 Å². The summed E-state index contributed by atoms with van der Waals surface area (Å²) in [7, 11) is -3.40. The Morgan fingerprint density at radius 1 is 1.11 bits per heavy atom. The standard InChI is InChI=1S/C14H16N2O2S/c15-10-14(9-12-5-4-8-16-11-12)19(17,18)13-6-2-1-3-7-13/h1-8,11,14H,9-10,15H2. The van der Waals surface area contributed by atoms with Gasteiger partial charge < -0.3 is 5.73 Å². The van der Waals surface area contributed by atoms with Crippen LogP contribution in [0.15, 0.2) is 59.8 Å². The summed E-state index contributed by atoms with van der Waals surface area (Å²) in [6, 6.07) is 12.1. The van der Waals surface area contributed by atoms with E-state index in [2.05, 4.69) is 4.98 Å². The molecule has 2 N–H and O–H groups in total. The molecule has 5 heteroatoms. The molecular weight excluding hydrogens is 260 g/mol. The number of rotatable bonds is 5. The summed E-state index contributed by atoms with van der Waals surface area (Å²) in [5.74, 6) is 0. The Morgan fingerprint density at radius 3 is 2.42 bits per heavy atom. The molecule has 0 radical (unpaired) electrons. The van der Waals surface area contributed by atoms with Crippen molar-refractivity contribution in [3.05, 3.63) is 60.4 Å². The molecule has 0 aliphatic carbocycles. The van der Waals surface area contributed by atoms with Gasteiger partial charge in [0.25, 0.3) is 0 Å². The Hall–Kier alpha value is -1.72. The van der Waals surface area contributed by atoms with Crippen LogP contribution in [0.5, 0.6) is 0 Å². The minimum absolute atomic E-state index is 0.0894. The molecule has 1 aromatic heterocycles. The quantitative estimate of drug-likeness (QED) is 0.896. The second-order valence-corrected chi connectivity index (χ2v) is 6.51. The van der Waals surface area contributed by atoms with Crippen molar-refractivity contribution in [1.82, 2.24) is 4.98 Å². The van der Waals surface area contributed by atoms with Crippen LogP contribution in [0.4, 0.5) is 0 Å². The van der Waals surface area contributed by atoms with Gasteiger partial charge in [-0.1, -0.05) is 24.3 Å². The number of aromatic nitrogens is 1. The fourth-order valence-corrected chi connectivity index (χ4v) is 3.49. The Morgan fingerprint density at radius 2 is 1.84 bits per heavy atom. The van der Waals surface area contributed by atoms with Crippen LogP contribution in [0.1, 0.15) is 5.56 Å². The van der Waals surface area contributed by atoms with E-state index in [1.165, 1.54) is 0 Å². The summed E-state index contributed by atoms with van der Waals surface area (Å²) in [5, 5.41) is -0.626. The third-order valence-electron chi connectivity index (χ3n) is 2.96. The fourth-order valence-electron chi connectivity index (χ4n) is 1.90. The highest BCUT2D eigenvalue weighted by molar-refractivity contribution is 7.92. The van der Waals surface area contributed by atoms with E-state index in [0.717, 1.165) is 5.56 Å². The van der Waals surface area contributed by atoms with E-state index in [1.54, 1.807) is 48.8 Å². The molecule has 1 atom stereocenters. The van der Waals surface area contributed by atoms with E-state index in [-0.39, 0.29) is 6.54 Å². The van der Waals surface area contributed by atoms with Gasteiger partial charge in [-0.3, -0.25) is 4.98 Å². The van der Waals surface area contributed by atoms with Crippen LogP contribution in [0, 0.1) is 0 Å². The molecule has 1 aromatic carbocycles. The highest BCUT2D eigenvalue weighted by Crippen LogP contribution is 2.18. The zero-order valence-electron chi connectivity index (χ0n) is 10.4. The first kappa shape index (κ1) is 13.7. The van der Waals surface area contributed by atoms with Crippen molar-refractivity contribution in [2.24, 2.45) is 5.73 Å². The molecule has 0 bridgehead atoms. The van der Waals surface area contributed by atoms with Crippen molar-refractivity contribution in [3.8, 4) is 0 Å². The minimum Gasteiger partial charge on any atom is -0.329 e. The zero-order valence-corrected chi connectivity index (χ0v) is 11.3. The van der Waals surface area contributed by atoms with Crippen molar-refractivity contribution < 1.29 is 8.42 Å². The number of hydrogen-bond donors (Lipinski definition) is 1. The SMILES string of the molecule is NCC(Cc1cccnc1)S(=O)(=O)c1ccccc1. The Kier molecular flexibility index (Phi) is 4.29. The molecule has 2 rings (SSSR count). The van der Waals surface area contributed by atoms with Crippen LogP contribution >= 0.6 is 0 Å². The highest BCUT2D eigenvalue weighted by atomic mass is 32.2. The first-order chi connectivity index (χ1) is 9.14. The molecule has 1 unspecified atom stereocenters. The molecule has 0 aliphatic heterocycles. The molecule has 0 saturated carbocycles. The first-order valence-electron chi connectivity index (χ1n) is 6.02. The monoisotopic (exact) mass is 276 g/mol. The summed E-state index contributed by atoms with van der Waals surface area (Å²) in [5.41, 5.74) is 6.52. The summed E-state index contributed by atoms with van der Waals surface area (Å²) in [4.78, 5) is 4.31. The molecule has 0 spiro atoms. The maximum absolute atomic E-state index is 12.5. The van der Waals surface area contributed by atoms with Gasteiger partial charge in [0, 0.05) is 18.9 Å². The molecule has 0 amide bonds. The lowest BCUT2D eigenvalue weighted by molar-refractivity contribution is 0.578. The molecule has 100 valence electrons. The number of pyridine rings is 1. The van der Waals surface area contributed by atoms with Gasteiger partial charge in [0.2, 0.25) is 0 Å². The average Bonchev–Trinajstić information content (AvgIpc) is 2.46. The van der Waals surface area contributed by atoms with Crippen LogP contribution in [0.25, 0.3) is 0 Å². The summed E-state index contributed by atoms with van der Waals surface area (Å²) >= 11 is 0. The second-order valence-electron chi connectivity index (χ2n) is 4.28. The van der Waals surface area contributed by atoms with Gasteiger partial charge in [-0.2, -0.15) is 0 Å². The summed E-state index contributed by atoms with van der Waals surface area (Å²) in [6.45, 7) is 0.0894. The van der Waals surface area contributed by atoms with Gasteiger partial charge in [-0.25, -0.2) is 8.42 Å². The third-order valence-corrected chi connectivity index (χ3v) is 5.13. The smallest absolute Gasteiger partial charge is 0.182 e. The Balaban J connectivity index is 2.27. The van der Waals surface area contributed by atoms with Crippen molar-refractivity contribution >= 4 is 9.84 Å². The molecule has 2 aromatic rings. The first-order valence-corrected chi connectivity index (χ1v) is 7.57. The number of benzene rings is 1. The maximum atomic E-state index is 12.5. The van der Waals surface area contributed by atoms with Crippen LogP contribution in [0.2, 0.25) is 0 Å². The minimum atomic E-state index is -3.40. The van der Waals surface area contributed by atoms with Gasteiger partial charge >= 0.3 is 0 Å². The van der Waals surface area contributed by atoms with Crippen molar-refractivity contribution in [1.29, 1.82) is 0 Å². The molecular formula is C14H16N2O2S. The zero-order chi connectivity index (χ0) is 13.7. The third kappa shape index (κ3) is 3.19. The average molecular weight is 276 g/mol. The molecule has 0 fully saturated rings. The normalized spacial score (nSPS) is 13.1.